The molecule has 0 aliphatic carbocycles. The van der Waals surface area contributed by atoms with Crippen LogP contribution in [0.2, 0.25) is 0 Å². The van der Waals surface area contributed by atoms with Gasteiger partial charge in [0.1, 0.15) is 17.1 Å². The highest BCUT2D eigenvalue weighted by atomic mass is 16.3. The lowest BCUT2D eigenvalue weighted by molar-refractivity contribution is -0.116. The van der Waals surface area contributed by atoms with Crippen molar-refractivity contribution in [2.75, 3.05) is 11.9 Å². The third-order valence-electron chi connectivity index (χ3n) is 4.25. The van der Waals surface area contributed by atoms with Gasteiger partial charge < -0.3 is 15.7 Å². The molecule has 0 fully saturated rings. The molecule has 3 N–H and O–H groups in total. The number of carbonyl (C=O) groups is 2. The highest BCUT2D eigenvalue weighted by Crippen LogP contribution is 2.16. The van der Waals surface area contributed by atoms with Gasteiger partial charge in [0.05, 0.1) is 5.69 Å². The number of aromatic hydroxyl groups is 1. The van der Waals surface area contributed by atoms with E-state index in [0.717, 1.165) is 11.2 Å². The zero-order valence-electron chi connectivity index (χ0n) is 15.3. The first-order valence-electron chi connectivity index (χ1n) is 8.77. The maximum absolute atomic E-state index is 12.5. The number of pyridine rings is 1. The summed E-state index contributed by atoms with van der Waals surface area (Å²) in [4.78, 5) is 28.9. The maximum atomic E-state index is 12.5. The Labute approximate surface area is 157 Å². The molecule has 0 saturated carbocycles. The summed E-state index contributed by atoms with van der Waals surface area (Å²) in [6.45, 7) is 4.16. The van der Waals surface area contributed by atoms with E-state index in [4.69, 9.17) is 0 Å². The van der Waals surface area contributed by atoms with Gasteiger partial charge >= 0.3 is 0 Å². The second kappa shape index (κ2) is 7.90. The molecular weight excluding hydrogens is 344 g/mol. The van der Waals surface area contributed by atoms with Crippen LogP contribution in [0.4, 0.5) is 5.69 Å². The molecule has 140 valence electrons. The number of phenols is 1. The van der Waals surface area contributed by atoms with Crippen LogP contribution in [0.5, 0.6) is 5.75 Å². The number of rotatable bonds is 6. The van der Waals surface area contributed by atoms with Gasteiger partial charge in [0.15, 0.2) is 0 Å². The van der Waals surface area contributed by atoms with Gasteiger partial charge in [-0.1, -0.05) is 6.07 Å². The summed E-state index contributed by atoms with van der Waals surface area (Å²) < 4.78 is 1.79. The number of hydrogen-bond acceptors (Lipinski definition) is 4. The number of anilines is 1. The molecule has 0 aliphatic heterocycles. The van der Waals surface area contributed by atoms with Gasteiger partial charge in [-0.2, -0.15) is 0 Å². The molecule has 0 atom stereocenters. The van der Waals surface area contributed by atoms with Gasteiger partial charge in [0.2, 0.25) is 5.91 Å². The Balaban J connectivity index is 1.51. The topological polar surface area (TPSA) is 95.7 Å². The number of imidazole rings is 1. The fourth-order valence-corrected chi connectivity index (χ4v) is 2.89. The largest absolute Gasteiger partial charge is 0.508 e. The van der Waals surface area contributed by atoms with Crippen molar-refractivity contribution in [3.8, 4) is 5.75 Å². The first-order chi connectivity index (χ1) is 13.0. The number of fused-ring (bicyclic) bond motifs is 1. The Bertz CT molecular complexity index is 977. The van der Waals surface area contributed by atoms with Gasteiger partial charge in [-0.25, -0.2) is 4.98 Å². The lowest BCUT2D eigenvalue weighted by atomic mass is 10.2. The van der Waals surface area contributed by atoms with E-state index >= 15 is 0 Å². The number of nitrogens with one attached hydrogen (secondary N) is 2. The summed E-state index contributed by atoms with van der Waals surface area (Å²) in [6.07, 6.45) is 2.62. The lowest BCUT2D eigenvalue weighted by Gasteiger charge is -2.07. The van der Waals surface area contributed by atoms with Crippen LogP contribution in [0.1, 0.15) is 34.6 Å². The van der Waals surface area contributed by atoms with E-state index < -0.39 is 0 Å². The molecule has 0 saturated heterocycles. The summed E-state index contributed by atoms with van der Waals surface area (Å²) in [6, 6.07) is 10.1. The van der Waals surface area contributed by atoms with Crippen LogP contribution in [0.15, 0.2) is 42.6 Å². The van der Waals surface area contributed by atoms with Crippen molar-refractivity contribution in [2.45, 2.75) is 26.7 Å². The van der Waals surface area contributed by atoms with Crippen LogP contribution in [0.25, 0.3) is 5.65 Å². The molecule has 3 rings (SSSR count). The molecule has 0 bridgehead atoms. The monoisotopic (exact) mass is 366 g/mol. The fraction of sp³-hybridized carbons (Fsp3) is 0.250. The van der Waals surface area contributed by atoms with E-state index in [-0.39, 0.29) is 24.0 Å². The quantitative estimate of drug-likeness (QED) is 0.462. The number of phenolic OH excluding ortho intramolecular Hbond substituents is 1. The van der Waals surface area contributed by atoms with Crippen molar-refractivity contribution >= 4 is 23.1 Å². The number of aryl methyl sites for hydroxylation is 2. The highest BCUT2D eigenvalue weighted by Gasteiger charge is 2.17. The third kappa shape index (κ3) is 4.25. The number of nitrogens with zero attached hydrogens (tertiary/aromatic N) is 2. The molecule has 2 amide bonds. The van der Waals surface area contributed by atoms with Crippen molar-refractivity contribution in [1.29, 1.82) is 0 Å². The number of aromatic nitrogens is 2. The number of hydrogen-bond donors (Lipinski definition) is 3. The van der Waals surface area contributed by atoms with Gasteiger partial charge in [0, 0.05) is 24.8 Å². The molecule has 0 aliphatic rings. The maximum Gasteiger partial charge on any atom is 0.270 e. The summed E-state index contributed by atoms with van der Waals surface area (Å²) >= 11 is 0. The molecule has 3 aromatic rings. The molecule has 2 heterocycles. The van der Waals surface area contributed by atoms with Crippen LogP contribution < -0.4 is 10.6 Å². The van der Waals surface area contributed by atoms with Gasteiger partial charge in [-0.15, -0.1) is 0 Å². The van der Waals surface area contributed by atoms with Crippen molar-refractivity contribution in [3.63, 3.8) is 0 Å². The Morgan fingerprint density at radius 3 is 2.63 bits per heavy atom. The minimum absolute atomic E-state index is 0.142. The number of benzene rings is 1. The molecule has 1 aromatic carbocycles. The average Bonchev–Trinajstić information content (AvgIpc) is 2.98. The summed E-state index contributed by atoms with van der Waals surface area (Å²) in [7, 11) is 0. The smallest absolute Gasteiger partial charge is 0.270 e. The van der Waals surface area contributed by atoms with E-state index in [1.165, 1.54) is 12.1 Å². The second-order valence-electron chi connectivity index (χ2n) is 6.39. The minimum atomic E-state index is -0.204. The lowest BCUT2D eigenvalue weighted by Crippen LogP contribution is -2.27. The first kappa shape index (κ1) is 18.4. The van der Waals surface area contributed by atoms with E-state index in [1.54, 1.807) is 16.5 Å². The highest BCUT2D eigenvalue weighted by molar-refractivity contribution is 5.95. The normalized spacial score (nSPS) is 10.7. The van der Waals surface area contributed by atoms with Crippen LogP contribution in [0.3, 0.4) is 0 Å². The molecule has 0 unspecified atom stereocenters. The van der Waals surface area contributed by atoms with Crippen LogP contribution in [-0.2, 0) is 4.79 Å². The zero-order valence-corrected chi connectivity index (χ0v) is 15.3. The van der Waals surface area contributed by atoms with E-state index in [0.29, 0.717) is 30.0 Å². The molecule has 7 nitrogen and oxygen atoms in total. The van der Waals surface area contributed by atoms with Crippen LogP contribution >= 0.6 is 0 Å². The summed E-state index contributed by atoms with van der Waals surface area (Å²) in [5.41, 5.74) is 3.59. The Kier molecular flexibility index (Phi) is 5.40. The zero-order chi connectivity index (χ0) is 19.4. The fourth-order valence-electron chi connectivity index (χ4n) is 2.89. The van der Waals surface area contributed by atoms with E-state index in [1.807, 2.05) is 32.2 Å². The number of carbonyl (C=O) groups excluding carboxylic acids is 2. The van der Waals surface area contributed by atoms with Gasteiger partial charge in [-0.3, -0.25) is 14.0 Å². The molecule has 2 aromatic heterocycles. The minimum Gasteiger partial charge on any atom is -0.508 e. The standard InChI is InChI=1S/C20H22N4O3/c1-13-5-4-12-24-18(14(2)22-19(13)24)20(27)21-11-3-6-17(26)23-15-7-9-16(25)10-8-15/h4-5,7-10,12,25H,3,6,11H2,1-2H3,(H,21,27)(H,23,26). The second-order valence-corrected chi connectivity index (χ2v) is 6.39. The molecule has 7 heteroatoms. The van der Waals surface area contributed by atoms with Gasteiger partial charge in [-0.05, 0) is 56.2 Å². The molecule has 0 spiro atoms. The van der Waals surface area contributed by atoms with Crippen molar-refractivity contribution in [2.24, 2.45) is 0 Å². The van der Waals surface area contributed by atoms with Crippen molar-refractivity contribution < 1.29 is 14.7 Å². The summed E-state index contributed by atoms with van der Waals surface area (Å²) in [5.74, 6) is -0.199. The Morgan fingerprint density at radius 1 is 1.15 bits per heavy atom. The summed E-state index contributed by atoms with van der Waals surface area (Å²) in [5, 5.41) is 14.8. The Hall–Kier alpha value is -3.35. The van der Waals surface area contributed by atoms with Crippen molar-refractivity contribution in [1.82, 2.24) is 14.7 Å². The van der Waals surface area contributed by atoms with E-state index in [2.05, 4.69) is 15.6 Å². The number of amides is 2. The van der Waals surface area contributed by atoms with Gasteiger partial charge in [0.25, 0.3) is 5.91 Å². The van der Waals surface area contributed by atoms with E-state index in [9.17, 15) is 14.7 Å². The van der Waals surface area contributed by atoms with Crippen molar-refractivity contribution in [3.05, 3.63) is 59.5 Å². The molecule has 27 heavy (non-hydrogen) atoms. The predicted molar refractivity (Wildman–Crippen MR) is 103 cm³/mol. The SMILES string of the molecule is Cc1nc2c(C)cccn2c1C(=O)NCCCC(=O)Nc1ccc(O)cc1. The molecular formula is C20H22N4O3. The third-order valence-corrected chi connectivity index (χ3v) is 4.25. The predicted octanol–water partition coefficient (Wildman–Crippen LogP) is 2.81. The van der Waals surface area contributed by atoms with Crippen LogP contribution in [0, 0.1) is 13.8 Å². The first-order valence-corrected chi connectivity index (χ1v) is 8.77. The molecule has 0 radical (unpaired) electrons. The average molecular weight is 366 g/mol. The van der Waals surface area contributed by atoms with Crippen LogP contribution in [-0.4, -0.2) is 32.9 Å². The Morgan fingerprint density at radius 2 is 1.89 bits per heavy atom.